The van der Waals surface area contributed by atoms with Crippen molar-refractivity contribution >= 4 is 5.91 Å². The van der Waals surface area contributed by atoms with Crippen LogP contribution in [0.4, 0.5) is 0 Å². The van der Waals surface area contributed by atoms with Crippen molar-refractivity contribution < 1.29 is 13.7 Å². The summed E-state index contributed by atoms with van der Waals surface area (Å²) in [4.78, 5) is 18.3. The third-order valence-electron chi connectivity index (χ3n) is 4.04. The number of rotatable bonds is 3. The molecule has 1 saturated heterocycles. The van der Waals surface area contributed by atoms with E-state index in [0.29, 0.717) is 30.7 Å². The fourth-order valence-corrected chi connectivity index (χ4v) is 2.76. The maximum absolute atomic E-state index is 12.0. The normalized spacial score (nSPS) is 22.8. The highest BCUT2D eigenvalue weighted by molar-refractivity contribution is 5.80. The quantitative estimate of drug-likeness (QED) is 0.856. The van der Waals surface area contributed by atoms with Gasteiger partial charge in [-0.15, -0.1) is 0 Å². The number of aromatic nitrogens is 2. The maximum atomic E-state index is 12.0. The van der Waals surface area contributed by atoms with E-state index >= 15 is 0 Å². The molecule has 0 bridgehead atoms. The van der Waals surface area contributed by atoms with E-state index in [2.05, 4.69) is 10.1 Å². The summed E-state index contributed by atoms with van der Waals surface area (Å²) in [5.74, 6) is 2.10. The molecule has 0 radical (unpaired) electrons. The van der Waals surface area contributed by atoms with Crippen LogP contribution in [-0.4, -0.2) is 33.5 Å². The highest BCUT2D eigenvalue weighted by atomic mass is 16.5. The van der Waals surface area contributed by atoms with Crippen molar-refractivity contribution in [3.8, 4) is 11.5 Å². The molecule has 104 valence electrons. The number of hydrogen-bond acceptors (Lipinski definition) is 5. The standard InChI is InChI=1S/C14H15N3O3/c1-8-11(4-5-19-8)14-15-13(16-20-14)9-6-12(18)17(7-9)10-2-3-10/h4-5,9-10H,2-3,6-7H2,1H3/t9-/m1/s1. The van der Waals surface area contributed by atoms with E-state index in [4.69, 9.17) is 8.94 Å². The predicted octanol–water partition coefficient (Wildman–Crippen LogP) is 2.12. The highest BCUT2D eigenvalue weighted by Crippen LogP contribution is 2.36. The molecule has 6 nitrogen and oxygen atoms in total. The highest BCUT2D eigenvalue weighted by Gasteiger charge is 2.41. The first-order valence-electron chi connectivity index (χ1n) is 6.90. The van der Waals surface area contributed by atoms with Crippen LogP contribution in [0.5, 0.6) is 0 Å². The Morgan fingerprint density at radius 1 is 1.40 bits per heavy atom. The van der Waals surface area contributed by atoms with Gasteiger partial charge in [-0.25, -0.2) is 0 Å². The fraction of sp³-hybridized carbons (Fsp3) is 0.500. The zero-order valence-electron chi connectivity index (χ0n) is 11.2. The van der Waals surface area contributed by atoms with Crippen LogP contribution in [0.3, 0.4) is 0 Å². The van der Waals surface area contributed by atoms with E-state index in [-0.39, 0.29) is 11.8 Å². The van der Waals surface area contributed by atoms with Crippen molar-refractivity contribution in [2.45, 2.75) is 38.1 Å². The van der Waals surface area contributed by atoms with E-state index in [1.807, 2.05) is 17.9 Å². The molecular weight excluding hydrogens is 258 g/mol. The lowest BCUT2D eigenvalue weighted by Crippen LogP contribution is -2.27. The van der Waals surface area contributed by atoms with Gasteiger partial charge in [0.25, 0.3) is 5.89 Å². The van der Waals surface area contributed by atoms with Gasteiger partial charge in [0.2, 0.25) is 5.91 Å². The molecule has 2 aromatic rings. The van der Waals surface area contributed by atoms with Crippen LogP contribution in [0.25, 0.3) is 11.5 Å². The van der Waals surface area contributed by atoms with Gasteiger partial charge >= 0.3 is 0 Å². The number of amides is 1. The van der Waals surface area contributed by atoms with Crippen molar-refractivity contribution in [3.63, 3.8) is 0 Å². The molecule has 20 heavy (non-hydrogen) atoms. The minimum Gasteiger partial charge on any atom is -0.469 e. The molecule has 2 fully saturated rings. The topological polar surface area (TPSA) is 72.4 Å². The van der Waals surface area contributed by atoms with Crippen molar-refractivity contribution in [2.24, 2.45) is 0 Å². The molecule has 3 heterocycles. The molecule has 1 saturated carbocycles. The Bertz CT molecular complexity index is 656. The summed E-state index contributed by atoms with van der Waals surface area (Å²) in [7, 11) is 0. The molecule has 1 atom stereocenters. The van der Waals surface area contributed by atoms with Gasteiger partial charge in [0.1, 0.15) is 5.76 Å². The molecule has 0 unspecified atom stereocenters. The number of carbonyl (C=O) groups excluding carboxylic acids is 1. The monoisotopic (exact) mass is 273 g/mol. The van der Waals surface area contributed by atoms with Gasteiger partial charge in [-0.2, -0.15) is 4.98 Å². The second-order valence-corrected chi connectivity index (χ2v) is 5.53. The first-order valence-corrected chi connectivity index (χ1v) is 6.90. The zero-order chi connectivity index (χ0) is 13.7. The van der Waals surface area contributed by atoms with Crippen molar-refractivity contribution in [1.29, 1.82) is 0 Å². The van der Waals surface area contributed by atoms with Gasteiger partial charge in [-0.3, -0.25) is 4.79 Å². The lowest BCUT2D eigenvalue weighted by atomic mass is 10.1. The summed E-state index contributed by atoms with van der Waals surface area (Å²) in [6, 6.07) is 2.26. The second-order valence-electron chi connectivity index (χ2n) is 5.53. The summed E-state index contributed by atoms with van der Waals surface area (Å²) in [6.07, 6.45) is 4.34. The first-order chi connectivity index (χ1) is 9.72. The smallest absolute Gasteiger partial charge is 0.261 e. The molecule has 0 aromatic carbocycles. The summed E-state index contributed by atoms with van der Waals surface area (Å²) >= 11 is 0. The second kappa shape index (κ2) is 4.19. The van der Waals surface area contributed by atoms with Gasteiger partial charge < -0.3 is 13.8 Å². The van der Waals surface area contributed by atoms with Gasteiger partial charge in [-0.1, -0.05) is 5.16 Å². The third kappa shape index (κ3) is 1.83. The molecule has 1 aliphatic carbocycles. The first kappa shape index (κ1) is 11.7. The molecule has 0 spiro atoms. The van der Waals surface area contributed by atoms with Crippen LogP contribution in [0.2, 0.25) is 0 Å². The average Bonchev–Trinajstić information content (AvgIpc) is 2.85. The van der Waals surface area contributed by atoms with Gasteiger partial charge in [-0.05, 0) is 25.8 Å². The molecule has 1 amide bonds. The van der Waals surface area contributed by atoms with Crippen molar-refractivity contribution in [2.75, 3.05) is 6.54 Å². The molecule has 0 N–H and O–H groups in total. The molecule has 2 aromatic heterocycles. The van der Waals surface area contributed by atoms with Crippen LogP contribution >= 0.6 is 0 Å². The number of nitrogens with zero attached hydrogens (tertiary/aromatic N) is 3. The number of carbonyl (C=O) groups is 1. The Hall–Kier alpha value is -2.11. The van der Waals surface area contributed by atoms with Crippen molar-refractivity contribution in [3.05, 3.63) is 23.9 Å². The molecule has 4 rings (SSSR count). The number of aryl methyl sites for hydroxylation is 1. The average molecular weight is 273 g/mol. The Morgan fingerprint density at radius 2 is 2.25 bits per heavy atom. The lowest BCUT2D eigenvalue weighted by molar-refractivity contribution is -0.128. The van der Waals surface area contributed by atoms with Crippen molar-refractivity contribution in [1.82, 2.24) is 15.0 Å². The lowest BCUT2D eigenvalue weighted by Gasteiger charge is -2.13. The SMILES string of the molecule is Cc1occc1-c1nc([C@@H]2CC(=O)N(C3CC3)C2)no1. The van der Waals surface area contributed by atoms with Crippen LogP contribution in [0.1, 0.15) is 36.8 Å². The van der Waals surface area contributed by atoms with Crippen LogP contribution in [0, 0.1) is 6.92 Å². The minimum atomic E-state index is 0.0489. The Labute approximate surface area is 115 Å². The Morgan fingerprint density at radius 3 is 2.95 bits per heavy atom. The number of hydrogen-bond donors (Lipinski definition) is 0. The third-order valence-corrected chi connectivity index (χ3v) is 4.04. The van der Waals surface area contributed by atoms with Gasteiger partial charge in [0.05, 0.1) is 11.8 Å². The zero-order valence-corrected chi connectivity index (χ0v) is 11.2. The molecule has 2 aliphatic rings. The summed E-state index contributed by atoms with van der Waals surface area (Å²) in [5, 5.41) is 4.04. The minimum absolute atomic E-state index is 0.0489. The van der Waals surface area contributed by atoms with Gasteiger partial charge in [0, 0.05) is 24.9 Å². The van der Waals surface area contributed by atoms with Crippen LogP contribution in [0.15, 0.2) is 21.3 Å². The van der Waals surface area contributed by atoms with E-state index in [1.165, 1.54) is 0 Å². The number of likely N-dealkylation sites (tertiary alicyclic amines) is 1. The summed E-state index contributed by atoms with van der Waals surface area (Å²) in [6.45, 7) is 2.57. The predicted molar refractivity (Wildman–Crippen MR) is 68.8 cm³/mol. The Kier molecular flexibility index (Phi) is 2.45. The summed E-state index contributed by atoms with van der Waals surface area (Å²) < 4.78 is 10.5. The van der Waals surface area contributed by atoms with E-state index in [9.17, 15) is 4.79 Å². The summed E-state index contributed by atoms with van der Waals surface area (Å²) in [5.41, 5.74) is 0.812. The van der Waals surface area contributed by atoms with Gasteiger partial charge in [0.15, 0.2) is 5.82 Å². The van der Waals surface area contributed by atoms with E-state index in [1.54, 1.807) is 6.26 Å². The van der Waals surface area contributed by atoms with E-state index in [0.717, 1.165) is 24.2 Å². The molecule has 1 aliphatic heterocycles. The van der Waals surface area contributed by atoms with E-state index < -0.39 is 0 Å². The Balaban J connectivity index is 1.57. The fourth-order valence-electron chi connectivity index (χ4n) is 2.76. The molecule has 6 heteroatoms. The largest absolute Gasteiger partial charge is 0.469 e. The molecular formula is C14H15N3O3. The van der Waals surface area contributed by atoms with Crippen LogP contribution < -0.4 is 0 Å². The number of furan rings is 1. The maximum Gasteiger partial charge on any atom is 0.261 e. The van der Waals surface area contributed by atoms with Crippen LogP contribution in [-0.2, 0) is 4.79 Å².